The summed E-state index contributed by atoms with van der Waals surface area (Å²) < 4.78 is 12.4. The van der Waals surface area contributed by atoms with Gasteiger partial charge in [0.15, 0.2) is 11.5 Å². The molecular formula is C29H31N3O4. The van der Waals surface area contributed by atoms with Gasteiger partial charge in [-0.05, 0) is 60.9 Å². The molecule has 0 aliphatic rings. The molecule has 4 rings (SSSR count). The third-order valence-electron chi connectivity index (χ3n) is 6.12. The second-order valence-electron chi connectivity index (χ2n) is 8.65. The first-order valence-electron chi connectivity index (χ1n) is 11.9. The molecule has 186 valence electrons. The number of ether oxygens (including phenoxy) is 2. The zero-order chi connectivity index (χ0) is 25.7. The van der Waals surface area contributed by atoms with Gasteiger partial charge in [0, 0.05) is 34.9 Å². The zero-order valence-electron chi connectivity index (χ0n) is 21.1. The molecule has 0 radical (unpaired) electrons. The number of anilines is 2. The highest BCUT2D eigenvalue weighted by molar-refractivity contribution is 5.92. The van der Waals surface area contributed by atoms with Gasteiger partial charge in [-0.1, -0.05) is 31.2 Å². The molecule has 0 aliphatic carbocycles. The Labute approximate surface area is 210 Å². The van der Waals surface area contributed by atoms with Crippen molar-refractivity contribution in [2.45, 2.75) is 33.4 Å². The van der Waals surface area contributed by atoms with E-state index in [1.165, 1.54) is 10.1 Å². The van der Waals surface area contributed by atoms with Gasteiger partial charge in [-0.15, -0.1) is 0 Å². The topological polar surface area (TPSA) is 81.6 Å². The molecule has 0 fully saturated rings. The Morgan fingerprint density at radius 1 is 0.917 bits per heavy atom. The SMILES string of the molecule is CCc1ccc(NCc2cc3cc(OC)c(OC)cc3n(CC(=O)Nc3cccc(C)c3)c2=O)cc1. The largest absolute Gasteiger partial charge is 0.493 e. The van der Waals surface area contributed by atoms with Crippen LogP contribution in [-0.4, -0.2) is 24.7 Å². The van der Waals surface area contributed by atoms with E-state index < -0.39 is 0 Å². The number of aryl methyl sites for hydroxylation is 2. The van der Waals surface area contributed by atoms with Crippen LogP contribution in [0.3, 0.4) is 0 Å². The van der Waals surface area contributed by atoms with Crippen molar-refractivity contribution in [1.82, 2.24) is 4.57 Å². The third-order valence-corrected chi connectivity index (χ3v) is 6.12. The smallest absolute Gasteiger partial charge is 0.256 e. The van der Waals surface area contributed by atoms with Gasteiger partial charge in [-0.2, -0.15) is 0 Å². The van der Waals surface area contributed by atoms with Crippen molar-refractivity contribution >= 4 is 28.2 Å². The molecule has 3 aromatic carbocycles. The summed E-state index contributed by atoms with van der Waals surface area (Å²) >= 11 is 0. The minimum atomic E-state index is -0.293. The molecule has 7 heteroatoms. The summed E-state index contributed by atoms with van der Waals surface area (Å²) in [6.45, 7) is 4.24. The molecular weight excluding hydrogens is 454 g/mol. The van der Waals surface area contributed by atoms with Gasteiger partial charge in [0.05, 0.1) is 19.7 Å². The number of methoxy groups -OCH3 is 2. The summed E-state index contributed by atoms with van der Waals surface area (Å²) in [6.07, 6.45) is 0.964. The number of carbonyl (C=O) groups is 1. The normalized spacial score (nSPS) is 10.8. The standard InChI is InChI=1S/C29H31N3O4/c1-5-20-9-11-23(12-10-20)30-17-22-14-21-15-26(35-3)27(36-4)16-25(21)32(29(22)34)18-28(33)31-24-8-6-7-19(2)13-24/h6-16,30H,5,17-18H2,1-4H3,(H,31,33). The summed E-state index contributed by atoms with van der Waals surface area (Å²) in [5.74, 6) is 0.742. The maximum absolute atomic E-state index is 13.6. The number of hydrogen-bond donors (Lipinski definition) is 2. The van der Waals surface area contributed by atoms with Crippen LogP contribution in [0.4, 0.5) is 11.4 Å². The number of aromatic nitrogens is 1. The van der Waals surface area contributed by atoms with E-state index >= 15 is 0 Å². The Morgan fingerprint density at radius 2 is 1.64 bits per heavy atom. The van der Waals surface area contributed by atoms with E-state index in [0.29, 0.717) is 34.8 Å². The lowest BCUT2D eigenvalue weighted by atomic mass is 10.1. The second-order valence-corrected chi connectivity index (χ2v) is 8.65. The first-order valence-corrected chi connectivity index (χ1v) is 11.9. The quantitative estimate of drug-likeness (QED) is 0.343. The van der Waals surface area contributed by atoms with Crippen molar-refractivity contribution in [2.24, 2.45) is 0 Å². The van der Waals surface area contributed by atoms with E-state index in [0.717, 1.165) is 23.1 Å². The summed E-state index contributed by atoms with van der Waals surface area (Å²) in [4.78, 5) is 26.5. The molecule has 0 bridgehead atoms. The Kier molecular flexibility index (Phi) is 7.59. The van der Waals surface area contributed by atoms with Crippen LogP contribution in [0, 0.1) is 6.92 Å². The van der Waals surface area contributed by atoms with E-state index in [1.54, 1.807) is 20.3 Å². The van der Waals surface area contributed by atoms with E-state index in [2.05, 4.69) is 29.7 Å². The van der Waals surface area contributed by atoms with E-state index in [9.17, 15) is 9.59 Å². The summed E-state index contributed by atoms with van der Waals surface area (Å²) in [7, 11) is 3.11. The number of rotatable bonds is 9. The molecule has 4 aromatic rings. The molecule has 0 saturated carbocycles. The molecule has 0 atom stereocenters. The highest BCUT2D eigenvalue weighted by Crippen LogP contribution is 2.32. The lowest BCUT2D eigenvalue weighted by molar-refractivity contribution is -0.116. The summed E-state index contributed by atoms with van der Waals surface area (Å²) in [5.41, 5.74) is 4.77. The molecule has 7 nitrogen and oxygen atoms in total. The number of fused-ring (bicyclic) bond motifs is 1. The van der Waals surface area contributed by atoms with Gasteiger partial charge in [0.2, 0.25) is 5.91 Å². The fourth-order valence-corrected chi connectivity index (χ4v) is 4.17. The fraction of sp³-hybridized carbons (Fsp3) is 0.241. The third kappa shape index (κ3) is 5.51. The van der Waals surface area contributed by atoms with Crippen LogP contribution >= 0.6 is 0 Å². The first-order chi connectivity index (χ1) is 17.4. The van der Waals surface area contributed by atoms with E-state index in [4.69, 9.17) is 9.47 Å². The lowest BCUT2D eigenvalue weighted by Gasteiger charge is -2.16. The Bertz CT molecular complexity index is 1440. The number of amides is 1. The number of carbonyl (C=O) groups excluding carboxylic acids is 1. The average Bonchev–Trinajstić information content (AvgIpc) is 2.88. The summed E-state index contributed by atoms with van der Waals surface area (Å²) in [6, 6.07) is 21.1. The monoisotopic (exact) mass is 485 g/mol. The molecule has 0 aliphatic heterocycles. The van der Waals surface area contributed by atoms with Crippen LogP contribution in [0.1, 0.15) is 23.6 Å². The van der Waals surface area contributed by atoms with Crippen molar-refractivity contribution in [1.29, 1.82) is 0 Å². The van der Waals surface area contributed by atoms with Gasteiger partial charge in [-0.3, -0.25) is 14.2 Å². The first kappa shape index (κ1) is 24.9. The van der Waals surface area contributed by atoms with Crippen LogP contribution in [0.2, 0.25) is 0 Å². The maximum Gasteiger partial charge on any atom is 0.256 e. The molecule has 0 unspecified atom stereocenters. The minimum Gasteiger partial charge on any atom is -0.493 e. The Hall–Kier alpha value is -4.26. The van der Waals surface area contributed by atoms with Crippen LogP contribution in [-0.2, 0) is 24.3 Å². The van der Waals surface area contributed by atoms with Crippen LogP contribution < -0.4 is 25.7 Å². The van der Waals surface area contributed by atoms with Crippen molar-refractivity contribution in [3.05, 3.63) is 93.8 Å². The Morgan fingerprint density at radius 3 is 2.31 bits per heavy atom. The van der Waals surface area contributed by atoms with Crippen molar-refractivity contribution in [2.75, 3.05) is 24.9 Å². The number of hydrogen-bond acceptors (Lipinski definition) is 5. The average molecular weight is 486 g/mol. The molecule has 1 aromatic heterocycles. The lowest BCUT2D eigenvalue weighted by Crippen LogP contribution is -2.30. The Balaban J connectivity index is 1.71. The van der Waals surface area contributed by atoms with Crippen LogP contribution in [0.5, 0.6) is 11.5 Å². The summed E-state index contributed by atoms with van der Waals surface area (Å²) in [5, 5.41) is 6.99. The van der Waals surface area contributed by atoms with Gasteiger partial charge in [0.25, 0.3) is 5.56 Å². The minimum absolute atomic E-state index is 0.141. The zero-order valence-corrected chi connectivity index (χ0v) is 21.1. The van der Waals surface area contributed by atoms with Gasteiger partial charge < -0.3 is 20.1 Å². The maximum atomic E-state index is 13.6. The number of benzene rings is 3. The molecule has 36 heavy (non-hydrogen) atoms. The molecule has 1 amide bonds. The van der Waals surface area contributed by atoms with E-state index in [-0.39, 0.29) is 18.0 Å². The molecule has 2 N–H and O–H groups in total. The predicted molar refractivity (Wildman–Crippen MR) is 144 cm³/mol. The van der Waals surface area contributed by atoms with Gasteiger partial charge in [0.1, 0.15) is 6.54 Å². The molecule has 0 saturated heterocycles. The van der Waals surface area contributed by atoms with Crippen molar-refractivity contribution in [3.8, 4) is 11.5 Å². The molecule has 1 heterocycles. The second kappa shape index (κ2) is 11.0. The van der Waals surface area contributed by atoms with Crippen LogP contribution in [0.15, 0.2) is 71.5 Å². The fourth-order valence-electron chi connectivity index (χ4n) is 4.17. The van der Waals surface area contributed by atoms with Crippen molar-refractivity contribution < 1.29 is 14.3 Å². The number of nitrogens with one attached hydrogen (secondary N) is 2. The highest BCUT2D eigenvalue weighted by Gasteiger charge is 2.16. The number of nitrogens with zero attached hydrogens (tertiary/aromatic N) is 1. The highest BCUT2D eigenvalue weighted by atomic mass is 16.5. The molecule has 0 spiro atoms. The van der Waals surface area contributed by atoms with Crippen molar-refractivity contribution in [3.63, 3.8) is 0 Å². The predicted octanol–water partition coefficient (Wildman–Crippen LogP) is 5.14. The van der Waals surface area contributed by atoms with Crippen LogP contribution in [0.25, 0.3) is 10.9 Å². The number of pyridine rings is 1. The van der Waals surface area contributed by atoms with Gasteiger partial charge in [-0.25, -0.2) is 0 Å². The van der Waals surface area contributed by atoms with E-state index in [1.807, 2.05) is 55.5 Å². The van der Waals surface area contributed by atoms with Gasteiger partial charge >= 0.3 is 0 Å².